The average Bonchev–Trinajstić information content (AvgIpc) is 3.42. The van der Waals surface area contributed by atoms with Gasteiger partial charge in [0.2, 0.25) is 0 Å². The molecular weight excluding hydrogens is 406 g/mol. The van der Waals surface area contributed by atoms with Crippen molar-refractivity contribution in [1.29, 1.82) is 0 Å². The lowest BCUT2D eigenvalue weighted by atomic mass is 10.0. The van der Waals surface area contributed by atoms with Crippen LogP contribution in [0.4, 0.5) is 4.79 Å². The van der Waals surface area contributed by atoms with E-state index < -0.39 is 5.97 Å². The maximum Gasteiger partial charge on any atom is 0.410 e. The van der Waals surface area contributed by atoms with E-state index in [4.69, 9.17) is 13.9 Å². The lowest BCUT2D eigenvalue weighted by molar-refractivity contribution is -0.137. The summed E-state index contributed by atoms with van der Waals surface area (Å²) < 4.78 is 16.6. The van der Waals surface area contributed by atoms with Crippen molar-refractivity contribution >= 4 is 29.1 Å². The molecule has 0 saturated carbocycles. The molecule has 1 aromatic heterocycles. The standard InChI is InChI=1S/C26H27NO5/c1-2-30-25(28)15-14-24-22(21-12-6-7-13-23(21)32-24)17-20-11-8-16-27(20)26(29)31-18-19-9-4-3-5-10-19/h3-7,9-10,12-15,20H,2,8,11,16-18H2,1H3/t20-/m0/s1. The normalized spacial score (nSPS) is 16.0. The Morgan fingerprint density at radius 2 is 1.88 bits per heavy atom. The Bertz CT molecular complexity index is 1100. The molecule has 6 heteroatoms. The summed E-state index contributed by atoms with van der Waals surface area (Å²) in [6.07, 6.45) is 5.18. The van der Waals surface area contributed by atoms with Crippen molar-refractivity contribution in [3.63, 3.8) is 0 Å². The van der Waals surface area contributed by atoms with Crippen LogP contribution in [0.5, 0.6) is 0 Å². The highest BCUT2D eigenvalue weighted by molar-refractivity contribution is 5.90. The van der Waals surface area contributed by atoms with Gasteiger partial charge in [-0.2, -0.15) is 0 Å². The van der Waals surface area contributed by atoms with Crippen molar-refractivity contribution in [1.82, 2.24) is 4.90 Å². The fourth-order valence-electron chi connectivity index (χ4n) is 4.12. The fraction of sp³-hybridized carbons (Fsp3) is 0.308. The van der Waals surface area contributed by atoms with Crippen molar-refractivity contribution in [3.05, 3.63) is 77.6 Å². The van der Waals surface area contributed by atoms with Gasteiger partial charge in [-0.3, -0.25) is 0 Å². The number of rotatable bonds is 7. The predicted molar refractivity (Wildman–Crippen MR) is 122 cm³/mol. The molecule has 1 aliphatic heterocycles. The zero-order valence-corrected chi connectivity index (χ0v) is 18.2. The number of carbonyl (C=O) groups is 2. The van der Waals surface area contributed by atoms with E-state index in [-0.39, 0.29) is 18.7 Å². The van der Waals surface area contributed by atoms with Gasteiger partial charge in [0, 0.05) is 29.6 Å². The van der Waals surface area contributed by atoms with Crippen molar-refractivity contribution in [2.75, 3.05) is 13.2 Å². The molecule has 3 aromatic rings. The van der Waals surface area contributed by atoms with Gasteiger partial charge >= 0.3 is 12.1 Å². The minimum absolute atomic E-state index is 0.00835. The molecule has 1 aliphatic rings. The number of fused-ring (bicyclic) bond motifs is 1. The number of hydrogen-bond acceptors (Lipinski definition) is 5. The smallest absolute Gasteiger partial charge is 0.410 e. The summed E-state index contributed by atoms with van der Waals surface area (Å²) in [5.74, 6) is 0.203. The Morgan fingerprint density at radius 3 is 2.69 bits per heavy atom. The summed E-state index contributed by atoms with van der Waals surface area (Å²) >= 11 is 0. The highest BCUT2D eigenvalue weighted by Crippen LogP contribution is 2.31. The average molecular weight is 434 g/mol. The van der Waals surface area contributed by atoms with Gasteiger partial charge in [0.05, 0.1) is 6.61 Å². The Balaban J connectivity index is 1.51. The van der Waals surface area contributed by atoms with E-state index in [2.05, 4.69) is 0 Å². The summed E-state index contributed by atoms with van der Waals surface area (Å²) in [6, 6.07) is 17.5. The molecule has 0 aliphatic carbocycles. The van der Waals surface area contributed by atoms with Crippen LogP contribution in [0.25, 0.3) is 17.0 Å². The van der Waals surface area contributed by atoms with Gasteiger partial charge in [0.25, 0.3) is 0 Å². The monoisotopic (exact) mass is 433 g/mol. The van der Waals surface area contributed by atoms with Crippen molar-refractivity contribution in [2.45, 2.75) is 38.8 Å². The van der Waals surface area contributed by atoms with E-state index in [1.807, 2.05) is 59.5 Å². The van der Waals surface area contributed by atoms with Crippen LogP contribution >= 0.6 is 0 Å². The number of furan rings is 1. The van der Waals surface area contributed by atoms with Crippen LogP contribution in [-0.2, 0) is 27.3 Å². The maximum atomic E-state index is 12.8. The molecule has 1 saturated heterocycles. The first-order valence-corrected chi connectivity index (χ1v) is 11.0. The Kier molecular flexibility index (Phi) is 6.90. The summed E-state index contributed by atoms with van der Waals surface area (Å²) in [4.78, 5) is 26.4. The number of hydrogen-bond donors (Lipinski definition) is 0. The molecule has 32 heavy (non-hydrogen) atoms. The second-order valence-electron chi connectivity index (χ2n) is 7.76. The highest BCUT2D eigenvalue weighted by Gasteiger charge is 2.31. The minimum Gasteiger partial charge on any atom is -0.463 e. The van der Waals surface area contributed by atoms with Gasteiger partial charge in [-0.1, -0.05) is 48.5 Å². The van der Waals surface area contributed by atoms with Gasteiger partial charge in [0.15, 0.2) is 0 Å². The van der Waals surface area contributed by atoms with Crippen LogP contribution in [0, 0.1) is 0 Å². The van der Waals surface area contributed by atoms with Crippen LogP contribution in [-0.4, -0.2) is 36.2 Å². The first-order chi connectivity index (χ1) is 15.7. The summed E-state index contributed by atoms with van der Waals surface area (Å²) in [7, 11) is 0. The van der Waals surface area contributed by atoms with Gasteiger partial charge in [-0.25, -0.2) is 9.59 Å². The van der Waals surface area contributed by atoms with Crippen LogP contribution in [0.1, 0.15) is 36.7 Å². The van der Waals surface area contributed by atoms with Crippen LogP contribution in [0.15, 0.2) is 65.1 Å². The zero-order chi connectivity index (χ0) is 22.3. The molecule has 1 atom stereocenters. The molecule has 1 amide bonds. The Morgan fingerprint density at radius 1 is 1.09 bits per heavy atom. The summed E-state index contributed by atoms with van der Waals surface area (Å²) in [5, 5.41) is 0.987. The molecular formula is C26H27NO5. The van der Waals surface area contributed by atoms with Crippen LogP contribution in [0.2, 0.25) is 0 Å². The number of nitrogens with zero attached hydrogens (tertiary/aromatic N) is 1. The number of para-hydroxylation sites is 1. The first kappa shape index (κ1) is 21.7. The molecule has 6 nitrogen and oxygen atoms in total. The number of likely N-dealkylation sites (tertiary alicyclic amines) is 1. The number of ether oxygens (including phenoxy) is 2. The largest absolute Gasteiger partial charge is 0.463 e. The van der Waals surface area contributed by atoms with Gasteiger partial charge < -0.3 is 18.8 Å². The van der Waals surface area contributed by atoms with Gasteiger partial charge in [0.1, 0.15) is 18.0 Å². The first-order valence-electron chi connectivity index (χ1n) is 11.0. The van der Waals surface area contributed by atoms with E-state index in [0.717, 1.165) is 34.9 Å². The number of amides is 1. The quantitative estimate of drug-likeness (QED) is 0.371. The topological polar surface area (TPSA) is 69.0 Å². The van der Waals surface area contributed by atoms with Crippen molar-refractivity contribution < 1.29 is 23.5 Å². The van der Waals surface area contributed by atoms with E-state index in [1.165, 1.54) is 6.08 Å². The second kappa shape index (κ2) is 10.2. The molecule has 0 spiro atoms. The zero-order valence-electron chi connectivity index (χ0n) is 18.2. The van der Waals surface area contributed by atoms with Gasteiger partial charge in [-0.05, 0) is 43.9 Å². The number of benzene rings is 2. The molecule has 0 N–H and O–H groups in total. The fourth-order valence-corrected chi connectivity index (χ4v) is 4.12. The summed E-state index contributed by atoms with van der Waals surface area (Å²) in [5.41, 5.74) is 2.69. The van der Waals surface area contributed by atoms with E-state index >= 15 is 0 Å². The molecule has 0 bridgehead atoms. The van der Waals surface area contributed by atoms with Crippen molar-refractivity contribution in [3.8, 4) is 0 Å². The van der Waals surface area contributed by atoms with Gasteiger partial charge in [-0.15, -0.1) is 0 Å². The SMILES string of the molecule is CCOC(=O)C=Cc1oc2ccccc2c1C[C@@H]1CCCN1C(=O)OCc1ccccc1. The molecule has 0 unspecified atom stereocenters. The Hall–Kier alpha value is -3.54. The molecule has 166 valence electrons. The Labute approximate surface area is 187 Å². The van der Waals surface area contributed by atoms with E-state index in [9.17, 15) is 9.59 Å². The maximum absolute atomic E-state index is 12.8. The lowest BCUT2D eigenvalue weighted by Gasteiger charge is -2.24. The molecule has 1 fully saturated rings. The van der Waals surface area contributed by atoms with Crippen LogP contribution in [0.3, 0.4) is 0 Å². The second-order valence-corrected chi connectivity index (χ2v) is 7.76. The molecule has 2 heterocycles. The predicted octanol–water partition coefficient (Wildman–Crippen LogP) is 5.35. The number of carbonyl (C=O) groups excluding carboxylic acids is 2. The summed E-state index contributed by atoms with van der Waals surface area (Å²) in [6.45, 7) is 3.01. The van der Waals surface area contributed by atoms with Crippen LogP contribution < -0.4 is 0 Å². The molecule has 0 radical (unpaired) electrons. The highest BCUT2D eigenvalue weighted by atomic mass is 16.6. The third-order valence-corrected chi connectivity index (χ3v) is 5.64. The third kappa shape index (κ3) is 5.02. The number of esters is 1. The third-order valence-electron chi connectivity index (χ3n) is 5.64. The van der Waals surface area contributed by atoms with E-state index in [1.54, 1.807) is 13.0 Å². The van der Waals surface area contributed by atoms with Crippen molar-refractivity contribution in [2.24, 2.45) is 0 Å². The molecule has 2 aromatic carbocycles. The minimum atomic E-state index is -0.411. The lowest BCUT2D eigenvalue weighted by Crippen LogP contribution is -2.37. The van der Waals surface area contributed by atoms with E-state index in [0.29, 0.717) is 25.3 Å². The molecule has 4 rings (SSSR count).